The van der Waals surface area contributed by atoms with Crippen LogP contribution >= 0.6 is 0 Å². The molecule has 0 fully saturated rings. The minimum atomic E-state index is -1.34. The third-order valence-corrected chi connectivity index (χ3v) is 7.61. The van der Waals surface area contributed by atoms with Crippen LogP contribution in [0.4, 0.5) is 18.9 Å². The van der Waals surface area contributed by atoms with Crippen LogP contribution in [0.5, 0.6) is 0 Å². The molecule has 1 aromatic heterocycles. The maximum absolute atomic E-state index is 14.3. The first-order valence-corrected chi connectivity index (χ1v) is 14.3. The molecule has 5 aromatic rings. The summed E-state index contributed by atoms with van der Waals surface area (Å²) in [5.74, 6) is -4.60. The van der Waals surface area contributed by atoms with Crippen LogP contribution in [0.25, 0.3) is 0 Å². The Hall–Kier alpha value is -5.57. The zero-order chi connectivity index (χ0) is 31.3. The number of aromatic nitrogens is 1. The third kappa shape index (κ3) is 6.52. The standard InChI is InChI=1S/C36H27F3N4O2/c37-27-15-13-25(14-16-27)29(19-23-12-17-30(38)31(39)20-23)35(44)42-34-36(45)43(22-24-7-6-18-40-21-24)32-11-5-4-10-28(32)33(41-34)26-8-2-1-3-9-26/h1-18,20-21,29,34H,19,22H2,(H,42,44)/t29-,34?/m1/s1. The van der Waals surface area contributed by atoms with Gasteiger partial charge in [-0.3, -0.25) is 14.6 Å². The second kappa shape index (κ2) is 13.0. The van der Waals surface area contributed by atoms with E-state index in [2.05, 4.69) is 10.3 Å². The quantitative estimate of drug-likeness (QED) is 0.224. The summed E-state index contributed by atoms with van der Waals surface area (Å²) < 4.78 is 41.6. The van der Waals surface area contributed by atoms with Gasteiger partial charge in [0.2, 0.25) is 12.1 Å². The van der Waals surface area contributed by atoms with Crippen molar-refractivity contribution >= 4 is 23.2 Å². The van der Waals surface area contributed by atoms with Crippen LogP contribution in [0.1, 0.15) is 33.7 Å². The molecule has 2 atom stereocenters. The number of carbonyl (C=O) groups excluding carboxylic acids is 2. The minimum Gasteiger partial charge on any atom is -0.326 e. The average molecular weight is 605 g/mol. The van der Waals surface area contributed by atoms with Crippen LogP contribution in [0.15, 0.2) is 127 Å². The van der Waals surface area contributed by atoms with Gasteiger partial charge in [0.1, 0.15) is 5.82 Å². The molecule has 9 heteroatoms. The highest BCUT2D eigenvalue weighted by Crippen LogP contribution is 2.30. The SMILES string of the molecule is O=C(NC1N=C(c2ccccc2)c2ccccc2N(Cc2cccnc2)C1=O)[C@H](Cc1ccc(F)c(F)c1)c1ccc(F)cc1. The lowest BCUT2D eigenvalue weighted by Crippen LogP contribution is -2.48. The zero-order valence-electron chi connectivity index (χ0n) is 23.9. The van der Waals surface area contributed by atoms with E-state index < -0.39 is 41.3 Å². The van der Waals surface area contributed by atoms with E-state index in [1.54, 1.807) is 23.4 Å². The van der Waals surface area contributed by atoms with Crippen LogP contribution in [0.3, 0.4) is 0 Å². The number of benzene rings is 4. The number of hydrogen-bond acceptors (Lipinski definition) is 4. The van der Waals surface area contributed by atoms with Gasteiger partial charge in [-0.1, -0.05) is 72.8 Å². The van der Waals surface area contributed by atoms with Gasteiger partial charge in [-0.05, 0) is 59.5 Å². The zero-order valence-corrected chi connectivity index (χ0v) is 23.9. The summed E-state index contributed by atoms with van der Waals surface area (Å²) in [6, 6.07) is 29.1. The maximum atomic E-state index is 14.3. The van der Waals surface area contributed by atoms with Gasteiger partial charge in [0, 0.05) is 23.5 Å². The van der Waals surface area contributed by atoms with Crippen molar-refractivity contribution in [2.24, 2.45) is 4.99 Å². The number of nitrogens with one attached hydrogen (secondary N) is 1. The lowest BCUT2D eigenvalue weighted by Gasteiger charge is -2.26. The first-order valence-electron chi connectivity index (χ1n) is 14.3. The molecule has 2 heterocycles. The fraction of sp³-hybridized carbons (Fsp3) is 0.111. The number of anilines is 1. The van der Waals surface area contributed by atoms with Crippen LogP contribution < -0.4 is 10.2 Å². The van der Waals surface area contributed by atoms with Crippen molar-refractivity contribution < 1.29 is 22.8 Å². The fourth-order valence-electron chi connectivity index (χ4n) is 5.38. The van der Waals surface area contributed by atoms with Gasteiger partial charge in [0.15, 0.2) is 11.6 Å². The minimum absolute atomic E-state index is 0.0372. The fourth-order valence-corrected chi connectivity index (χ4v) is 5.38. The summed E-state index contributed by atoms with van der Waals surface area (Å²) in [6.45, 7) is 0.171. The average Bonchev–Trinajstić information content (AvgIpc) is 3.17. The molecule has 1 N–H and O–H groups in total. The topological polar surface area (TPSA) is 74.7 Å². The maximum Gasteiger partial charge on any atom is 0.272 e. The molecular formula is C36H27F3N4O2. The third-order valence-electron chi connectivity index (χ3n) is 7.61. The molecule has 2 amide bonds. The molecule has 45 heavy (non-hydrogen) atoms. The lowest BCUT2D eigenvalue weighted by atomic mass is 9.91. The summed E-state index contributed by atoms with van der Waals surface area (Å²) in [7, 11) is 0. The van der Waals surface area contributed by atoms with Crippen LogP contribution in [-0.4, -0.2) is 28.7 Å². The van der Waals surface area contributed by atoms with E-state index in [1.807, 2.05) is 60.7 Å². The number of fused-ring (bicyclic) bond motifs is 1. The normalized spacial score (nSPS) is 15.1. The summed E-state index contributed by atoms with van der Waals surface area (Å²) in [5, 5.41) is 2.82. The number of hydrogen-bond donors (Lipinski definition) is 1. The van der Waals surface area contributed by atoms with Crippen molar-refractivity contribution in [1.82, 2.24) is 10.3 Å². The van der Waals surface area contributed by atoms with Crippen molar-refractivity contribution in [3.8, 4) is 0 Å². The Balaban J connectivity index is 1.41. The van der Waals surface area contributed by atoms with Gasteiger partial charge in [-0.25, -0.2) is 18.2 Å². The molecule has 4 aromatic carbocycles. The summed E-state index contributed by atoms with van der Waals surface area (Å²) in [5.41, 5.74) is 4.13. The van der Waals surface area contributed by atoms with E-state index >= 15 is 0 Å². The second-order valence-corrected chi connectivity index (χ2v) is 10.6. The number of carbonyl (C=O) groups is 2. The summed E-state index contributed by atoms with van der Waals surface area (Å²) >= 11 is 0. The number of rotatable bonds is 8. The number of para-hydroxylation sites is 1. The van der Waals surface area contributed by atoms with Gasteiger partial charge in [0.25, 0.3) is 5.91 Å². The molecule has 6 nitrogen and oxygen atoms in total. The largest absolute Gasteiger partial charge is 0.326 e. The Morgan fingerprint density at radius 3 is 2.31 bits per heavy atom. The van der Waals surface area contributed by atoms with E-state index in [9.17, 15) is 22.8 Å². The molecule has 1 aliphatic rings. The molecule has 0 aliphatic carbocycles. The summed E-state index contributed by atoms with van der Waals surface area (Å²) in [4.78, 5) is 39.0. The van der Waals surface area contributed by atoms with Crippen molar-refractivity contribution in [2.75, 3.05) is 4.90 Å². The first kappa shape index (κ1) is 29.5. The smallest absolute Gasteiger partial charge is 0.272 e. The highest BCUT2D eigenvalue weighted by Gasteiger charge is 2.35. The van der Waals surface area contributed by atoms with Gasteiger partial charge in [0.05, 0.1) is 23.9 Å². The highest BCUT2D eigenvalue weighted by molar-refractivity contribution is 6.20. The van der Waals surface area contributed by atoms with Gasteiger partial charge in [-0.15, -0.1) is 0 Å². The van der Waals surface area contributed by atoms with E-state index in [-0.39, 0.29) is 13.0 Å². The van der Waals surface area contributed by atoms with Crippen molar-refractivity contribution in [3.05, 3.63) is 167 Å². The molecule has 224 valence electrons. The van der Waals surface area contributed by atoms with Crippen molar-refractivity contribution in [1.29, 1.82) is 0 Å². The summed E-state index contributed by atoms with van der Waals surface area (Å²) in [6.07, 6.45) is 1.93. The number of pyridine rings is 1. The van der Waals surface area contributed by atoms with Gasteiger partial charge < -0.3 is 10.2 Å². The van der Waals surface area contributed by atoms with E-state index in [0.29, 0.717) is 28.1 Å². The lowest BCUT2D eigenvalue weighted by molar-refractivity contribution is -0.128. The Morgan fingerprint density at radius 2 is 1.58 bits per heavy atom. The van der Waals surface area contributed by atoms with Crippen LogP contribution in [0.2, 0.25) is 0 Å². The molecule has 0 radical (unpaired) electrons. The Morgan fingerprint density at radius 1 is 0.822 bits per heavy atom. The second-order valence-electron chi connectivity index (χ2n) is 10.6. The van der Waals surface area contributed by atoms with Crippen LogP contribution in [0, 0.1) is 17.5 Å². The highest BCUT2D eigenvalue weighted by atomic mass is 19.2. The number of benzodiazepines with no additional fused rings is 1. The van der Waals surface area contributed by atoms with Crippen molar-refractivity contribution in [3.63, 3.8) is 0 Å². The Bertz CT molecular complexity index is 1870. The van der Waals surface area contributed by atoms with E-state index in [0.717, 1.165) is 23.3 Å². The van der Waals surface area contributed by atoms with Gasteiger partial charge >= 0.3 is 0 Å². The number of aliphatic imine (C=N–C) groups is 1. The Kier molecular flexibility index (Phi) is 8.50. The Labute approximate surface area is 257 Å². The molecule has 1 unspecified atom stereocenters. The predicted molar refractivity (Wildman–Crippen MR) is 165 cm³/mol. The predicted octanol–water partition coefficient (Wildman–Crippen LogP) is 6.35. The number of halogens is 3. The molecule has 0 saturated heterocycles. The number of nitrogens with zero attached hydrogens (tertiary/aromatic N) is 3. The van der Waals surface area contributed by atoms with Crippen LogP contribution in [-0.2, 0) is 22.6 Å². The monoisotopic (exact) mass is 604 g/mol. The van der Waals surface area contributed by atoms with E-state index in [1.165, 1.54) is 30.3 Å². The molecule has 6 rings (SSSR count). The molecule has 0 saturated carbocycles. The molecular weight excluding hydrogens is 577 g/mol. The van der Waals surface area contributed by atoms with Crippen molar-refractivity contribution in [2.45, 2.75) is 25.0 Å². The molecule has 1 aliphatic heterocycles. The molecule has 0 bridgehead atoms. The molecule has 0 spiro atoms. The van der Waals surface area contributed by atoms with Gasteiger partial charge in [-0.2, -0.15) is 0 Å². The first-order chi connectivity index (χ1) is 21.9. The van der Waals surface area contributed by atoms with E-state index in [4.69, 9.17) is 4.99 Å². The number of amides is 2.